The third-order valence-corrected chi connectivity index (χ3v) is 3.79. The van der Waals surface area contributed by atoms with Crippen molar-refractivity contribution in [3.05, 3.63) is 64.3 Å². The molecule has 2 heterocycles. The number of halogens is 2. The molecule has 0 aliphatic rings. The van der Waals surface area contributed by atoms with Crippen LogP contribution in [-0.2, 0) is 6.54 Å². The highest BCUT2D eigenvalue weighted by Gasteiger charge is 2.13. The van der Waals surface area contributed by atoms with Gasteiger partial charge in [0.05, 0.1) is 16.6 Å². The minimum absolute atomic E-state index is 0.147. The lowest BCUT2D eigenvalue weighted by atomic mass is 10.2. The summed E-state index contributed by atoms with van der Waals surface area (Å²) in [6, 6.07) is 9.85. The Bertz CT molecular complexity index is 818. The molecule has 2 aromatic heterocycles. The van der Waals surface area contributed by atoms with E-state index in [1.165, 1.54) is 12.1 Å². The Kier molecular flexibility index (Phi) is 3.66. The summed E-state index contributed by atoms with van der Waals surface area (Å²) in [5, 5.41) is 10.7. The fourth-order valence-corrected chi connectivity index (χ4v) is 2.39. The lowest BCUT2D eigenvalue weighted by molar-refractivity contribution is 0.0948. The molecule has 3 rings (SSSR count). The summed E-state index contributed by atoms with van der Waals surface area (Å²) in [6.07, 6.45) is 1.81. The van der Waals surface area contributed by atoms with E-state index in [-0.39, 0.29) is 22.5 Å². The van der Waals surface area contributed by atoms with Gasteiger partial charge < -0.3 is 5.32 Å². The number of aromatic nitrogens is 3. The van der Waals surface area contributed by atoms with Crippen LogP contribution in [0.25, 0.3) is 5.65 Å². The number of fused-ring (bicyclic) bond motifs is 1. The second-order valence-electron chi connectivity index (χ2n) is 4.33. The first-order valence-corrected chi connectivity index (χ1v) is 6.97. The fourth-order valence-electron chi connectivity index (χ4n) is 1.95. The van der Waals surface area contributed by atoms with E-state index in [0.717, 1.165) is 0 Å². The SMILES string of the molecule is O=C(NCc1nnc2ccccn12)c1cccc(F)c1Br. The van der Waals surface area contributed by atoms with Crippen LogP contribution in [0.3, 0.4) is 0 Å². The van der Waals surface area contributed by atoms with Gasteiger partial charge in [-0.3, -0.25) is 9.20 Å². The molecule has 7 heteroatoms. The number of carbonyl (C=O) groups is 1. The highest BCUT2D eigenvalue weighted by molar-refractivity contribution is 9.10. The summed E-state index contributed by atoms with van der Waals surface area (Å²) >= 11 is 3.07. The summed E-state index contributed by atoms with van der Waals surface area (Å²) in [7, 11) is 0. The Morgan fingerprint density at radius 2 is 2.10 bits per heavy atom. The lowest BCUT2D eigenvalue weighted by Gasteiger charge is -2.06. The van der Waals surface area contributed by atoms with Gasteiger partial charge in [0.25, 0.3) is 5.91 Å². The zero-order valence-corrected chi connectivity index (χ0v) is 12.3. The molecule has 5 nitrogen and oxygen atoms in total. The predicted molar refractivity (Wildman–Crippen MR) is 78.3 cm³/mol. The molecule has 3 aromatic rings. The van der Waals surface area contributed by atoms with E-state index in [9.17, 15) is 9.18 Å². The van der Waals surface area contributed by atoms with E-state index in [4.69, 9.17) is 0 Å². The van der Waals surface area contributed by atoms with Crippen LogP contribution in [0, 0.1) is 5.82 Å². The molecule has 1 aromatic carbocycles. The van der Waals surface area contributed by atoms with Gasteiger partial charge in [0, 0.05) is 6.20 Å². The van der Waals surface area contributed by atoms with Crippen molar-refractivity contribution >= 4 is 27.5 Å². The zero-order valence-electron chi connectivity index (χ0n) is 10.8. The van der Waals surface area contributed by atoms with Gasteiger partial charge in [0.1, 0.15) is 5.82 Å². The summed E-state index contributed by atoms with van der Waals surface area (Å²) in [5.74, 6) is -0.254. The summed E-state index contributed by atoms with van der Waals surface area (Å²) < 4.78 is 15.3. The average Bonchev–Trinajstić information content (AvgIpc) is 2.91. The first-order chi connectivity index (χ1) is 10.2. The maximum Gasteiger partial charge on any atom is 0.252 e. The van der Waals surface area contributed by atoms with Gasteiger partial charge >= 0.3 is 0 Å². The van der Waals surface area contributed by atoms with E-state index >= 15 is 0 Å². The van der Waals surface area contributed by atoms with Crippen LogP contribution in [0.1, 0.15) is 16.2 Å². The first kappa shape index (κ1) is 13.7. The van der Waals surface area contributed by atoms with Crippen molar-refractivity contribution in [3.63, 3.8) is 0 Å². The van der Waals surface area contributed by atoms with E-state index in [1.54, 1.807) is 10.5 Å². The van der Waals surface area contributed by atoms with Crippen molar-refractivity contribution in [1.29, 1.82) is 0 Å². The van der Waals surface area contributed by atoms with Crippen LogP contribution in [0.4, 0.5) is 4.39 Å². The number of rotatable bonds is 3. The Morgan fingerprint density at radius 3 is 2.95 bits per heavy atom. The number of amides is 1. The third kappa shape index (κ3) is 2.64. The van der Waals surface area contributed by atoms with Crippen molar-refractivity contribution in [2.45, 2.75) is 6.54 Å². The molecule has 0 saturated heterocycles. The summed E-state index contributed by atoms with van der Waals surface area (Å²) in [4.78, 5) is 12.1. The normalized spacial score (nSPS) is 10.8. The number of hydrogen-bond donors (Lipinski definition) is 1. The Labute approximate surface area is 127 Å². The number of nitrogens with zero attached hydrogens (tertiary/aromatic N) is 3. The molecule has 0 unspecified atom stereocenters. The maximum atomic E-state index is 13.4. The summed E-state index contributed by atoms with van der Waals surface area (Å²) in [6.45, 7) is 0.201. The standard InChI is InChI=1S/C14H10BrFN4O/c15-13-9(4-3-5-10(13)16)14(21)17-8-12-19-18-11-6-1-2-7-20(11)12/h1-7H,8H2,(H,17,21). The molecule has 0 atom stereocenters. The molecule has 0 bridgehead atoms. The number of benzene rings is 1. The Balaban J connectivity index is 1.78. The van der Waals surface area contributed by atoms with Crippen molar-refractivity contribution < 1.29 is 9.18 Å². The highest BCUT2D eigenvalue weighted by Crippen LogP contribution is 2.20. The Hall–Kier alpha value is -2.28. The molecule has 1 N–H and O–H groups in total. The second-order valence-corrected chi connectivity index (χ2v) is 5.12. The second kappa shape index (κ2) is 5.61. The third-order valence-electron chi connectivity index (χ3n) is 2.99. The highest BCUT2D eigenvalue weighted by atomic mass is 79.9. The molecule has 0 fully saturated rings. The van der Waals surface area contributed by atoms with Gasteiger partial charge in [-0.25, -0.2) is 4.39 Å². The summed E-state index contributed by atoms with van der Waals surface area (Å²) in [5.41, 5.74) is 0.942. The Morgan fingerprint density at radius 1 is 1.24 bits per heavy atom. The molecule has 0 aliphatic carbocycles. The molecular formula is C14H10BrFN4O. The smallest absolute Gasteiger partial charge is 0.252 e. The van der Waals surface area contributed by atoms with Crippen LogP contribution in [-0.4, -0.2) is 20.5 Å². The fraction of sp³-hybridized carbons (Fsp3) is 0.0714. The average molecular weight is 349 g/mol. The van der Waals surface area contributed by atoms with Crippen LogP contribution in [0.5, 0.6) is 0 Å². The van der Waals surface area contributed by atoms with Gasteiger partial charge in [0.15, 0.2) is 11.5 Å². The van der Waals surface area contributed by atoms with Crippen LogP contribution >= 0.6 is 15.9 Å². The quantitative estimate of drug-likeness (QED) is 0.791. The molecule has 0 saturated carbocycles. The molecule has 0 spiro atoms. The molecule has 21 heavy (non-hydrogen) atoms. The largest absolute Gasteiger partial charge is 0.345 e. The minimum Gasteiger partial charge on any atom is -0.345 e. The van der Waals surface area contributed by atoms with Crippen LogP contribution in [0.2, 0.25) is 0 Å². The molecule has 0 aliphatic heterocycles. The van der Waals surface area contributed by atoms with Crippen LogP contribution in [0.15, 0.2) is 47.1 Å². The van der Waals surface area contributed by atoms with Gasteiger partial charge in [-0.2, -0.15) is 0 Å². The van der Waals surface area contributed by atoms with E-state index < -0.39 is 5.82 Å². The van der Waals surface area contributed by atoms with Gasteiger partial charge in [-0.15, -0.1) is 10.2 Å². The van der Waals surface area contributed by atoms with Crippen molar-refractivity contribution in [2.24, 2.45) is 0 Å². The molecular weight excluding hydrogens is 339 g/mol. The number of hydrogen-bond acceptors (Lipinski definition) is 3. The molecule has 106 valence electrons. The number of nitrogens with one attached hydrogen (secondary N) is 1. The van der Waals surface area contributed by atoms with E-state index in [0.29, 0.717) is 11.5 Å². The van der Waals surface area contributed by atoms with Crippen molar-refractivity contribution in [1.82, 2.24) is 19.9 Å². The molecule has 0 radical (unpaired) electrons. The van der Waals surface area contributed by atoms with Gasteiger partial charge in [-0.05, 0) is 40.2 Å². The lowest BCUT2D eigenvalue weighted by Crippen LogP contribution is -2.24. The van der Waals surface area contributed by atoms with Crippen LogP contribution < -0.4 is 5.32 Å². The minimum atomic E-state index is -0.476. The monoisotopic (exact) mass is 348 g/mol. The molecule has 1 amide bonds. The van der Waals surface area contributed by atoms with E-state index in [2.05, 4.69) is 31.4 Å². The van der Waals surface area contributed by atoms with Gasteiger partial charge in [0.2, 0.25) is 0 Å². The topological polar surface area (TPSA) is 59.3 Å². The van der Waals surface area contributed by atoms with E-state index in [1.807, 2.05) is 24.4 Å². The van der Waals surface area contributed by atoms with Crippen molar-refractivity contribution in [3.8, 4) is 0 Å². The number of carbonyl (C=O) groups excluding carboxylic acids is 1. The van der Waals surface area contributed by atoms with Crippen molar-refractivity contribution in [2.75, 3.05) is 0 Å². The zero-order chi connectivity index (χ0) is 14.8. The maximum absolute atomic E-state index is 13.4. The van der Waals surface area contributed by atoms with Gasteiger partial charge in [-0.1, -0.05) is 12.1 Å². The first-order valence-electron chi connectivity index (χ1n) is 6.17. The number of pyridine rings is 1. The predicted octanol–water partition coefficient (Wildman–Crippen LogP) is 2.56.